The molecule has 40 heavy (non-hydrogen) atoms. The van der Waals surface area contributed by atoms with E-state index in [9.17, 15) is 4.79 Å². The monoisotopic (exact) mass is 540 g/mol. The molecule has 2 aromatic carbocycles. The van der Waals surface area contributed by atoms with Gasteiger partial charge >= 0.3 is 13.0 Å². The van der Waals surface area contributed by atoms with Crippen LogP contribution in [0.2, 0.25) is 0 Å². The van der Waals surface area contributed by atoms with E-state index in [1.54, 1.807) is 6.08 Å². The maximum absolute atomic E-state index is 13.3. The first-order valence-corrected chi connectivity index (χ1v) is 14.9. The number of carbonyl (C=O) groups excluding carboxylic acids is 1. The van der Waals surface area contributed by atoms with Crippen LogP contribution in [0.3, 0.4) is 0 Å². The minimum absolute atomic E-state index is 0.228. The van der Waals surface area contributed by atoms with E-state index in [1.165, 1.54) is 33.6 Å². The molecule has 1 heterocycles. The first-order chi connectivity index (χ1) is 19.0. The second-order valence-corrected chi connectivity index (χ2v) is 12.1. The second kappa shape index (κ2) is 13.4. The van der Waals surface area contributed by atoms with Crippen LogP contribution in [0, 0.1) is 0 Å². The number of para-hydroxylation sites is 2. The Bertz CT molecular complexity index is 1150. The third-order valence-corrected chi connectivity index (χ3v) is 7.85. The van der Waals surface area contributed by atoms with Crippen LogP contribution >= 0.6 is 0 Å². The summed E-state index contributed by atoms with van der Waals surface area (Å²) in [5.41, 5.74) is 9.32. The van der Waals surface area contributed by atoms with Crippen molar-refractivity contribution < 1.29 is 9.53 Å². The van der Waals surface area contributed by atoms with Gasteiger partial charge in [0.25, 0.3) is 0 Å². The van der Waals surface area contributed by atoms with E-state index in [1.807, 2.05) is 6.92 Å². The van der Waals surface area contributed by atoms with Gasteiger partial charge in [0.2, 0.25) is 0 Å². The summed E-state index contributed by atoms with van der Waals surface area (Å²) in [7, 11) is 0. The van der Waals surface area contributed by atoms with E-state index in [0.29, 0.717) is 42.3 Å². The fourth-order valence-corrected chi connectivity index (χ4v) is 5.80. The summed E-state index contributed by atoms with van der Waals surface area (Å²) < 4.78 is 5.56. The molecule has 0 radical (unpaired) electrons. The highest BCUT2D eigenvalue weighted by atomic mass is 16.5. The molecule has 0 fully saturated rings. The summed E-state index contributed by atoms with van der Waals surface area (Å²) in [5.74, 6) is 1.09. The molecule has 3 rings (SSSR count). The van der Waals surface area contributed by atoms with Crippen LogP contribution in [0.4, 0.5) is 11.4 Å². The number of benzene rings is 2. The zero-order valence-electron chi connectivity index (χ0n) is 26.4. The third kappa shape index (κ3) is 6.24. The van der Waals surface area contributed by atoms with E-state index >= 15 is 0 Å². The van der Waals surface area contributed by atoms with Crippen molar-refractivity contribution in [2.24, 2.45) is 0 Å². The molecule has 214 valence electrons. The van der Waals surface area contributed by atoms with Crippen molar-refractivity contribution in [2.75, 3.05) is 16.2 Å². The Morgan fingerprint density at radius 3 is 1.48 bits per heavy atom. The van der Waals surface area contributed by atoms with Crippen molar-refractivity contribution in [3.05, 3.63) is 94.8 Å². The number of anilines is 2. The fraction of sp³-hybridized carbons (Fsp3) is 0.457. The summed E-state index contributed by atoms with van der Waals surface area (Å²) in [5, 5.41) is 0. The maximum Gasteiger partial charge on any atom is 0.415 e. The van der Waals surface area contributed by atoms with Crippen LogP contribution in [0.5, 0.6) is 0 Å². The molecule has 0 spiro atoms. The SMILES string of the molecule is C=CC/C(C(=O)OCC)=C(/C)B1N(c2c(C(C)C)cccc2C(C)C)C=CN1c1c(C(C)C)cccc1C(C)C. The Kier molecular flexibility index (Phi) is 10.5. The summed E-state index contributed by atoms with van der Waals surface area (Å²) >= 11 is 0. The fourth-order valence-electron chi connectivity index (χ4n) is 5.80. The molecule has 0 saturated carbocycles. The van der Waals surface area contributed by atoms with E-state index < -0.39 is 0 Å². The normalized spacial score (nSPS) is 14.2. The first-order valence-electron chi connectivity index (χ1n) is 14.9. The predicted molar refractivity (Wildman–Crippen MR) is 173 cm³/mol. The smallest absolute Gasteiger partial charge is 0.415 e. The third-order valence-electron chi connectivity index (χ3n) is 7.85. The van der Waals surface area contributed by atoms with Gasteiger partial charge in [-0.15, -0.1) is 6.58 Å². The number of rotatable bonds is 11. The molecule has 1 aliphatic rings. The van der Waals surface area contributed by atoms with E-state index in [0.717, 1.165) is 5.47 Å². The molecule has 2 aromatic rings. The molecule has 1 aliphatic heterocycles. The molecule has 0 aliphatic carbocycles. The number of hydrogen-bond acceptors (Lipinski definition) is 4. The predicted octanol–water partition coefficient (Wildman–Crippen LogP) is 9.46. The Morgan fingerprint density at radius 2 is 1.18 bits per heavy atom. The zero-order valence-corrected chi connectivity index (χ0v) is 26.4. The lowest BCUT2D eigenvalue weighted by atomic mass is 9.61. The topological polar surface area (TPSA) is 32.8 Å². The van der Waals surface area contributed by atoms with Crippen LogP contribution in [0.25, 0.3) is 0 Å². The lowest BCUT2D eigenvalue weighted by molar-refractivity contribution is -0.138. The molecule has 0 bridgehead atoms. The van der Waals surface area contributed by atoms with Gasteiger partial charge in [0.15, 0.2) is 0 Å². The molecule has 0 aromatic heterocycles. The van der Waals surface area contributed by atoms with Crippen molar-refractivity contribution in [2.45, 2.75) is 99.3 Å². The Labute approximate surface area is 243 Å². The minimum atomic E-state index is -0.269. The number of allylic oxidation sites excluding steroid dienone is 2. The Balaban J connectivity index is 2.42. The van der Waals surface area contributed by atoms with Crippen molar-refractivity contribution in [3.8, 4) is 0 Å². The summed E-state index contributed by atoms with van der Waals surface area (Å²) in [6.45, 7) is 26.1. The quantitative estimate of drug-likeness (QED) is 0.123. The number of carbonyl (C=O) groups is 1. The highest BCUT2D eigenvalue weighted by Gasteiger charge is 2.42. The number of ether oxygens (including phenoxy) is 1. The molecular formula is C35H49BN2O2. The van der Waals surface area contributed by atoms with Gasteiger partial charge in [-0.2, -0.15) is 0 Å². The molecule has 5 heteroatoms. The molecule has 0 saturated heterocycles. The van der Waals surface area contributed by atoms with Crippen molar-refractivity contribution in [3.63, 3.8) is 0 Å². The number of hydrogen-bond donors (Lipinski definition) is 0. The van der Waals surface area contributed by atoms with Gasteiger partial charge in [0, 0.05) is 29.3 Å². The van der Waals surface area contributed by atoms with Gasteiger partial charge < -0.3 is 14.4 Å². The highest BCUT2D eigenvalue weighted by molar-refractivity contribution is 6.76. The van der Waals surface area contributed by atoms with Crippen LogP contribution in [-0.4, -0.2) is 19.6 Å². The Morgan fingerprint density at radius 1 is 0.800 bits per heavy atom. The number of esters is 1. The van der Waals surface area contributed by atoms with Crippen LogP contribution < -0.4 is 9.62 Å². The molecule has 4 nitrogen and oxygen atoms in total. The van der Waals surface area contributed by atoms with E-state index in [-0.39, 0.29) is 13.0 Å². The van der Waals surface area contributed by atoms with Gasteiger partial charge in [0.1, 0.15) is 0 Å². The van der Waals surface area contributed by atoms with Gasteiger partial charge in [-0.1, -0.05) is 97.9 Å². The highest BCUT2D eigenvalue weighted by Crippen LogP contribution is 2.43. The van der Waals surface area contributed by atoms with E-state index in [2.05, 4.69) is 127 Å². The van der Waals surface area contributed by atoms with Gasteiger partial charge in [-0.05, 0) is 71.7 Å². The average Bonchev–Trinajstić information content (AvgIpc) is 3.34. The van der Waals surface area contributed by atoms with Gasteiger partial charge in [-0.3, -0.25) is 0 Å². The molecule has 0 amide bonds. The van der Waals surface area contributed by atoms with Crippen LogP contribution in [0.15, 0.2) is 72.5 Å². The van der Waals surface area contributed by atoms with Crippen molar-refractivity contribution in [1.29, 1.82) is 0 Å². The van der Waals surface area contributed by atoms with Crippen LogP contribution in [0.1, 0.15) is 122 Å². The molecular weight excluding hydrogens is 491 g/mol. The average molecular weight is 541 g/mol. The summed E-state index contributed by atoms with van der Waals surface area (Å²) in [4.78, 5) is 18.1. The zero-order chi connectivity index (χ0) is 29.7. The van der Waals surface area contributed by atoms with Crippen LogP contribution in [-0.2, 0) is 9.53 Å². The molecule has 0 atom stereocenters. The summed E-state index contributed by atoms with van der Waals surface area (Å²) in [6, 6.07) is 13.3. The van der Waals surface area contributed by atoms with Gasteiger partial charge in [0.05, 0.1) is 6.61 Å². The first kappa shape index (κ1) is 31.3. The maximum atomic E-state index is 13.3. The lowest BCUT2D eigenvalue weighted by Crippen LogP contribution is -2.47. The standard InChI is InChI=1S/C35H49BN2O2/c1-12-16-32(35(39)40-13-2)27(11)36-37(33-28(23(3)4)17-14-18-29(33)24(5)6)21-22-38(36)34-30(25(7)8)19-15-20-31(34)26(9)10/h12,14-15,17-26H,1,13,16H2,2-11H3/b32-27+. The van der Waals surface area contributed by atoms with Crippen molar-refractivity contribution in [1.82, 2.24) is 0 Å². The minimum Gasteiger partial charge on any atom is -0.463 e. The largest absolute Gasteiger partial charge is 0.463 e. The van der Waals surface area contributed by atoms with Crippen molar-refractivity contribution >= 4 is 24.3 Å². The Hall–Kier alpha value is -3.21. The number of nitrogens with zero attached hydrogens (tertiary/aromatic N) is 2. The van der Waals surface area contributed by atoms with E-state index in [4.69, 9.17) is 4.74 Å². The second-order valence-electron chi connectivity index (χ2n) is 12.1. The molecule has 0 unspecified atom stereocenters. The summed E-state index contributed by atoms with van der Waals surface area (Å²) in [6.07, 6.45) is 6.67. The molecule has 0 N–H and O–H groups in total. The van der Waals surface area contributed by atoms with Gasteiger partial charge in [-0.25, -0.2) is 4.79 Å². The lowest BCUT2D eigenvalue weighted by Gasteiger charge is -2.37.